The summed E-state index contributed by atoms with van der Waals surface area (Å²) < 4.78 is 0.461. The van der Waals surface area contributed by atoms with Crippen molar-refractivity contribution >= 4 is 57.3 Å². The van der Waals surface area contributed by atoms with Crippen molar-refractivity contribution < 1.29 is 9.72 Å². The lowest BCUT2D eigenvalue weighted by atomic mass is 10.2. The maximum atomic E-state index is 11.6. The zero-order valence-electron chi connectivity index (χ0n) is 10.9. The molecule has 8 heteroatoms. The molecule has 0 bridgehead atoms. The number of hydrogen-bond acceptors (Lipinski definition) is 6. The molecular formula is C14H8N2O3S3. The van der Waals surface area contributed by atoms with E-state index in [0.717, 1.165) is 15.3 Å². The summed E-state index contributed by atoms with van der Waals surface area (Å²) in [4.78, 5) is 24.3. The molecule has 1 N–H and O–H groups in total. The van der Waals surface area contributed by atoms with Crippen molar-refractivity contribution in [3.63, 3.8) is 0 Å². The van der Waals surface area contributed by atoms with Gasteiger partial charge in [-0.2, -0.15) is 0 Å². The van der Waals surface area contributed by atoms with Crippen LogP contribution in [0.2, 0.25) is 0 Å². The van der Waals surface area contributed by atoms with Gasteiger partial charge in [-0.1, -0.05) is 24.0 Å². The van der Waals surface area contributed by atoms with Gasteiger partial charge in [-0.25, -0.2) is 0 Å². The van der Waals surface area contributed by atoms with E-state index in [1.807, 2.05) is 12.1 Å². The van der Waals surface area contributed by atoms with Crippen LogP contribution in [0.3, 0.4) is 0 Å². The SMILES string of the molecule is O=C1NC(=S)SC1=Cc1ccc(-c2ccc([N+](=O)[O-])cc2)s1. The molecule has 3 rings (SSSR count). The standard InChI is InChI=1S/C14H8N2O3S3/c17-13-12(22-14(20)15-13)7-10-5-6-11(21-10)8-1-3-9(4-2-8)16(18)19/h1-7H,(H,15,17,20). The van der Waals surface area contributed by atoms with Gasteiger partial charge in [0.15, 0.2) is 0 Å². The topological polar surface area (TPSA) is 72.2 Å². The molecule has 1 fully saturated rings. The largest absolute Gasteiger partial charge is 0.307 e. The van der Waals surface area contributed by atoms with Crippen LogP contribution in [0, 0.1) is 10.1 Å². The quantitative estimate of drug-likeness (QED) is 0.395. The fourth-order valence-corrected chi connectivity index (χ4v) is 3.95. The van der Waals surface area contributed by atoms with Crippen molar-refractivity contribution in [2.45, 2.75) is 0 Å². The van der Waals surface area contributed by atoms with Crippen LogP contribution < -0.4 is 5.32 Å². The molecule has 2 aromatic rings. The van der Waals surface area contributed by atoms with Crippen molar-refractivity contribution in [2.75, 3.05) is 0 Å². The van der Waals surface area contributed by atoms with E-state index >= 15 is 0 Å². The number of nitro groups is 1. The second-order valence-corrected chi connectivity index (χ2v) is 7.19. The Morgan fingerprint density at radius 1 is 1.18 bits per heavy atom. The van der Waals surface area contributed by atoms with Crippen molar-refractivity contribution in [1.82, 2.24) is 5.32 Å². The molecule has 1 aromatic carbocycles. The fraction of sp³-hybridized carbons (Fsp3) is 0. The smallest absolute Gasteiger partial charge is 0.269 e. The zero-order valence-corrected chi connectivity index (χ0v) is 13.4. The van der Waals surface area contributed by atoms with Gasteiger partial charge in [0, 0.05) is 21.9 Å². The molecule has 22 heavy (non-hydrogen) atoms. The Balaban J connectivity index is 1.85. The molecule has 0 saturated carbocycles. The molecule has 110 valence electrons. The lowest BCUT2D eigenvalue weighted by Gasteiger charge is -1.96. The number of nitrogens with one attached hydrogen (secondary N) is 1. The maximum absolute atomic E-state index is 11.6. The molecule has 1 aliphatic heterocycles. The van der Waals surface area contributed by atoms with E-state index in [1.165, 1.54) is 35.2 Å². The third-order valence-electron chi connectivity index (χ3n) is 2.90. The monoisotopic (exact) mass is 348 g/mol. The van der Waals surface area contributed by atoms with Crippen LogP contribution in [0.25, 0.3) is 16.5 Å². The second kappa shape index (κ2) is 5.99. The summed E-state index contributed by atoms with van der Waals surface area (Å²) in [6.07, 6.45) is 1.79. The Kier molecular flexibility index (Phi) is 4.06. The molecule has 0 aliphatic carbocycles. The summed E-state index contributed by atoms with van der Waals surface area (Å²) in [5, 5.41) is 13.2. The number of benzene rings is 1. The Labute approximate surface area is 139 Å². The highest BCUT2D eigenvalue weighted by Gasteiger charge is 2.22. The van der Waals surface area contributed by atoms with E-state index in [1.54, 1.807) is 18.2 Å². The van der Waals surface area contributed by atoms with Gasteiger partial charge in [0.1, 0.15) is 4.32 Å². The first-order valence-corrected chi connectivity index (χ1v) is 8.16. The molecule has 0 radical (unpaired) electrons. The molecule has 1 aromatic heterocycles. The first-order valence-electron chi connectivity index (χ1n) is 6.12. The molecule has 5 nitrogen and oxygen atoms in total. The highest BCUT2D eigenvalue weighted by atomic mass is 32.2. The van der Waals surface area contributed by atoms with Crippen LogP contribution in [0.15, 0.2) is 41.3 Å². The summed E-state index contributed by atoms with van der Waals surface area (Å²) in [7, 11) is 0. The number of thioether (sulfide) groups is 1. The number of thiophene rings is 1. The Bertz CT molecular complexity index is 809. The average Bonchev–Trinajstić information content (AvgIpc) is 3.06. The molecule has 0 atom stereocenters. The van der Waals surface area contributed by atoms with E-state index in [4.69, 9.17) is 12.2 Å². The molecule has 0 spiro atoms. The fourth-order valence-electron chi connectivity index (χ4n) is 1.88. The number of non-ortho nitro benzene ring substituents is 1. The minimum absolute atomic E-state index is 0.0650. The van der Waals surface area contributed by atoms with Gasteiger partial charge < -0.3 is 5.32 Å². The number of thiocarbonyl (C=S) groups is 1. The van der Waals surface area contributed by atoms with Crippen LogP contribution in [0.1, 0.15) is 4.88 Å². The predicted octanol–water partition coefficient (Wildman–Crippen LogP) is 3.81. The molecule has 1 amide bonds. The van der Waals surface area contributed by atoms with Gasteiger partial charge in [-0.3, -0.25) is 14.9 Å². The maximum Gasteiger partial charge on any atom is 0.269 e. The minimum atomic E-state index is -0.424. The summed E-state index contributed by atoms with van der Waals surface area (Å²) in [5.41, 5.74) is 0.967. The molecule has 1 saturated heterocycles. The second-order valence-electron chi connectivity index (χ2n) is 4.36. The minimum Gasteiger partial charge on any atom is -0.307 e. The van der Waals surface area contributed by atoms with Crippen LogP contribution in [-0.2, 0) is 4.79 Å². The van der Waals surface area contributed by atoms with Crippen LogP contribution in [0.5, 0.6) is 0 Å². The average molecular weight is 348 g/mol. The summed E-state index contributed by atoms with van der Waals surface area (Å²) in [6, 6.07) is 10.2. The summed E-state index contributed by atoms with van der Waals surface area (Å²) in [5.74, 6) is -0.180. The van der Waals surface area contributed by atoms with Crippen molar-refractivity contribution in [1.29, 1.82) is 0 Å². The third-order valence-corrected chi connectivity index (χ3v) is 5.15. The van der Waals surface area contributed by atoms with Gasteiger partial charge in [-0.15, -0.1) is 11.3 Å². The van der Waals surface area contributed by atoms with Crippen LogP contribution in [0.4, 0.5) is 5.69 Å². The van der Waals surface area contributed by atoms with Crippen LogP contribution >= 0.6 is 35.3 Å². The highest BCUT2D eigenvalue weighted by molar-refractivity contribution is 8.26. The van der Waals surface area contributed by atoms with Gasteiger partial charge >= 0.3 is 0 Å². The van der Waals surface area contributed by atoms with E-state index in [-0.39, 0.29) is 11.6 Å². The number of carbonyl (C=O) groups excluding carboxylic acids is 1. The van der Waals surface area contributed by atoms with Gasteiger partial charge in [0.05, 0.1) is 9.83 Å². The first-order chi connectivity index (χ1) is 10.5. The Morgan fingerprint density at radius 2 is 1.91 bits per heavy atom. The molecule has 0 unspecified atom stereocenters. The Morgan fingerprint density at radius 3 is 2.50 bits per heavy atom. The van der Waals surface area contributed by atoms with Crippen LogP contribution in [-0.4, -0.2) is 15.2 Å². The summed E-state index contributed by atoms with van der Waals surface area (Å²) in [6.45, 7) is 0. The number of rotatable bonds is 3. The van der Waals surface area contributed by atoms with Crippen molar-refractivity contribution in [3.8, 4) is 10.4 Å². The number of hydrogen-bond donors (Lipinski definition) is 1. The predicted molar refractivity (Wildman–Crippen MR) is 92.7 cm³/mol. The number of amides is 1. The number of nitrogens with zero attached hydrogens (tertiary/aromatic N) is 1. The summed E-state index contributed by atoms with van der Waals surface area (Å²) >= 11 is 7.69. The molecule has 2 heterocycles. The first kappa shape index (κ1) is 14.9. The molecular weight excluding hydrogens is 340 g/mol. The Hall–Kier alpha value is -2.03. The van der Waals surface area contributed by atoms with E-state index in [9.17, 15) is 14.9 Å². The van der Waals surface area contributed by atoms with E-state index < -0.39 is 4.92 Å². The third kappa shape index (κ3) is 3.08. The van der Waals surface area contributed by atoms with Gasteiger partial charge in [0.2, 0.25) is 0 Å². The van der Waals surface area contributed by atoms with Gasteiger partial charge in [-0.05, 0) is 35.9 Å². The normalized spacial score (nSPS) is 16.1. The van der Waals surface area contributed by atoms with Crippen molar-refractivity contribution in [2.24, 2.45) is 0 Å². The van der Waals surface area contributed by atoms with Gasteiger partial charge in [0.25, 0.3) is 11.6 Å². The van der Waals surface area contributed by atoms with E-state index in [0.29, 0.717) is 9.23 Å². The van der Waals surface area contributed by atoms with Crippen molar-refractivity contribution in [3.05, 3.63) is 56.3 Å². The lowest BCUT2D eigenvalue weighted by Crippen LogP contribution is -2.17. The lowest BCUT2D eigenvalue weighted by molar-refractivity contribution is -0.384. The highest BCUT2D eigenvalue weighted by Crippen LogP contribution is 2.33. The number of carbonyl (C=O) groups is 1. The number of nitro benzene ring substituents is 1. The zero-order chi connectivity index (χ0) is 15.7. The molecule has 1 aliphatic rings. The van der Waals surface area contributed by atoms with E-state index in [2.05, 4.69) is 5.32 Å².